The molecule has 1 amide bonds. The van der Waals surface area contributed by atoms with E-state index in [9.17, 15) is 10.1 Å². The van der Waals surface area contributed by atoms with Crippen LogP contribution in [0.3, 0.4) is 0 Å². The Labute approximate surface area is 132 Å². The van der Waals surface area contributed by atoms with Gasteiger partial charge < -0.3 is 14.8 Å². The first-order valence-electron chi connectivity index (χ1n) is 7.63. The number of hydrogen-bond donors (Lipinski definition) is 1. The van der Waals surface area contributed by atoms with E-state index in [1.54, 1.807) is 25.1 Å². The maximum Gasteiger partial charge on any atom is 0.256 e. The van der Waals surface area contributed by atoms with E-state index in [0.29, 0.717) is 36.6 Å². The van der Waals surface area contributed by atoms with Gasteiger partial charge in [-0.2, -0.15) is 5.26 Å². The summed E-state index contributed by atoms with van der Waals surface area (Å²) in [5, 5.41) is 12.0. The summed E-state index contributed by atoms with van der Waals surface area (Å²) in [6, 6.07) is 7.15. The molecule has 0 saturated heterocycles. The number of carbonyl (C=O) groups is 1. The van der Waals surface area contributed by atoms with Crippen LogP contribution >= 0.6 is 0 Å². The minimum atomic E-state index is -0.904. The number of nitrogens with zero attached hydrogens (tertiary/aromatic N) is 1. The smallest absolute Gasteiger partial charge is 0.256 e. The molecule has 5 nitrogen and oxygen atoms in total. The third kappa shape index (κ3) is 4.47. The Morgan fingerprint density at radius 2 is 2.09 bits per heavy atom. The van der Waals surface area contributed by atoms with Gasteiger partial charge in [-0.1, -0.05) is 13.8 Å². The van der Waals surface area contributed by atoms with Crippen molar-refractivity contribution in [3.63, 3.8) is 0 Å². The van der Waals surface area contributed by atoms with Gasteiger partial charge in [0.2, 0.25) is 0 Å². The van der Waals surface area contributed by atoms with Crippen molar-refractivity contribution >= 4 is 11.6 Å². The monoisotopic (exact) mass is 304 g/mol. The van der Waals surface area contributed by atoms with Crippen LogP contribution in [-0.2, 0) is 9.53 Å². The fraction of sp³-hybridized carbons (Fsp3) is 0.529. The lowest BCUT2D eigenvalue weighted by molar-refractivity contribution is -0.139. The van der Waals surface area contributed by atoms with Gasteiger partial charge in [0.25, 0.3) is 5.91 Å². The van der Waals surface area contributed by atoms with Crippen molar-refractivity contribution in [3.05, 3.63) is 23.8 Å². The molecule has 0 aliphatic heterocycles. The van der Waals surface area contributed by atoms with E-state index >= 15 is 0 Å². The highest BCUT2D eigenvalue weighted by molar-refractivity contribution is 5.98. The van der Waals surface area contributed by atoms with Crippen LogP contribution in [0.25, 0.3) is 0 Å². The molecular formula is C17H24N2O3. The summed E-state index contributed by atoms with van der Waals surface area (Å²) in [5.74, 6) is 0.370. The molecule has 0 fully saturated rings. The van der Waals surface area contributed by atoms with Gasteiger partial charge in [-0.05, 0) is 44.9 Å². The summed E-state index contributed by atoms with van der Waals surface area (Å²) in [6.07, 6.45) is 1.44. The van der Waals surface area contributed by atoms with E-state index in [2.05, 4.69) is 11.4 Å². The van der Waals surface area contributed by atoms with Crippen molar-refractivity contribution < 1.29 is 14.3 Å². The van der Waals surface area contributed by atoms with Gasteiger partial charge in [-0.3, -0.25) is 4.79 Å². The Morgan fingerprint density at radius 3 is 2.64 bits per heavy atom. The predicted molar refractivity (Wildman–Crippen MR) is 85.9 cm³/mol. The average molecular weight is 304 g/mol. The Hall–Kier alpha value is -2.06. The molecule has 0 bridgehead atoms. The molecule has 1 aromatic carbocycles. The fourth-order valence-electron chi connectivity index (χ4n) is 1.94. The zero-order valence-corrected chi connectivity index (χ0v) is 13.7. The molecule has 0 heterocycles. The Balaban J connectivity index is 2.93. The summed E-state index contributed by atoms with van der Waals surface area (Å²) in [5.41, 5.74) is -0.0635. The quantitative estimate of drug-likeness (QED) is 0.798. The summed E-state index contributed by atoms with van der Waals surface area (Å²) in [7, 11) is 0. The molecule has 22 heavy (non-hydrogen) atoms. The first-order valence-corrected chi connectivity index (χ1v) is 7.63. The molecule has 0 aliphatic rings. The lowest BCUT2D eigenvalue weighted by Crippen LogP contribution is -2.42. The van der Waals surface area contributed by atoms with Crippen LogP contribution in [0.5, 0.6) is 5.75 Å². The molecule has 0 aromatic heterocycles. The normalized spacial score (nSPS) is 13.0. The van der Waals surface area contributed by atoms with Crippen molar-refractivity contribution in [2.75, 3.05) is 18.5 Å². The highest BCUT2D eigenvalue weighted by Crippen LogP contribution is 2.24. The van der Waals surface area contributed by atoms with Gasteiger partial charge in [0, 0.05) is 6.61 Å². The van der Waals surface area contributed by atoms with E-state index in [-0.39, 0.29) is 5.91 Å². The average Bonchev–Trinajstić information content (AvgIpc) is 2.53. The third-order valence-electron chi connectivity index (χ3n) is 3.45. The van der Waals surface area contributed by atoms with Crippen molar-refractivity contribution in [1.82, 2.24) is 0 Å². The SMILES string of the molecule is CCCOc1ccc(NC(=O)[C@@](C)(CC)OCC)c(C#N)c1. The number of hydrogen-bond acceptors (Lipinski definition) is 4. The molecule has 1 N–H and O–H groups in total. The molecule has 5 heteroatoms. The Bertz CT molecular complexity index is 551. The number of nitrogens with one attached hydrogen (secondary N) is 1. The van der Waals surface area contributed by atoms with Crippen LogP contribution in [0, 0.1) is 11.3 Å². The van der Waals surface area contributed by atoms with Crippen LogP contribution < -0.4 is 10.1 Å². The fourth-order valence-corrected chi connectivity index (χ4v) is 1.94. The van der Waals surface area contributed by atoms with Gasteiger partial charge >= 0.3 is 0 Å². The molecule has 120 valence electrons. The van der Waals surface area contributed by atoms with Crippen LogP contribution in [0.15, 0.2) is 18.2 Å². The maximum absolute atomic E-state index is 12.4. The van der Waals surface area contributed by atoms with Gasteiger partial charge in [0.1, 0.15) is 17.4 Å². The van der Waals surface area contributed by atoms with Crippen LogP contribution in [0.1, 0.15) is 46.1 Å². The minimum Gasteiger partial charge on any atom is -0.494 e. The van der Waals surface area contributed by atoms with Gasteiger partial charge in [0.15, 0.2) is 0 Å². The number of benzene rings is 1. The van der Waals surface area contributed by atoms with Crippen LogP contribution in [-0.4, -0.2) is 24.7 Å². The van der Waals surface area contributed by atoms with E-state index < -0.39 is 5.60 Å². The molecule has 0 unspecified atom stereocenters. The van der Waals surface area contributed by atoms with Gasteiger partial charge in [0.05, 0.1) is 17.9 Å². The van der Waals surface area contributed by atoms with E-state index in [4.69, 9.17) is 9.47 Å². The van der Waals surface area contributed by atoms with E-state index in [1.807, 2.05) is 20.8 Å². The second-order valence-corrected chi connectivity index (χ2v) is 5.14. The number of ether oxygens (including phenoxy) is 2. The molecule has 1 rings (SSSR count). The van der Waals surface area contributed by atoms with Crippen molar-refractivity contribution in [3.8, 4) is 11.8 Å². The zero-order valence-electron chi connectivity index (χ0n) is 13.7. The van der Waals surface area contributed by atoms with Crippen LogP contribution in [0.4, 0.5) is 5.69 Å². The number of rotatable bonds is 8. The molecular weight excluding hydrogens is 280 g/mol. The maximum atomic E-state index is 12.4. The predicted octanol–water partition coefficient (Wildman–Crippen LogP) is 3.49. The first kappa shape index (κ1) is 18.0. The van der Waals surface area contributed by atoms with Crippen LogP contribution in [0.2, 0.25) is 0 Å². The summed E-state index contributed by atoms with van der Waals surface area (Å²) >= 11 is 0. The van der Waals surface area contributed by atoms with Crippen molar-refractivity contribution in [2.45, 2.75) is 46.1 Å². The highest BCUT2D eigenvalue weighted by Gasteiger charge is 2.32. The minimum absolute atomic E-state index is 0.254. The van der Waals surface area contributed by atoms with Crippen molar-refractivity contribution in [2.24, 2.45) is 0 Å². The lowest BCUT2D eigenvalue weighted by Gasteiger charge is -2.27. The van der Waals surface area contributed by atoms with Gasteiger partial charge in [-0.25, -0.2) is 0 Å². The second kappa shape index (κ2) is 8.40. The van der Waals surface area contributed by atoms with E-state index in [0.717, 1.165) is 6.42 Å². The van der Waals surface area contributed by atoms with E-state index in [1.165, 1.54) is 0 Å². The second-order valence-electron chi connectivity index (χ2n) is 5.14. The Kier molecular flexibility index (Phi) is 6.87. The number of nitriles is 1. The molecule has 0 radical (unpaired) electrons. The number of amides is 1. The first-order chi connectivity index (χ1) is 10.5. The van der Waals surface area contributed by atoms with Gasteiger partial charge in [-0.15, -0.1) is 0 Å². The largest absolute Gasteiger partial charge is 0.494 e. The topological polar surface area (TPSA) is 71.3 Å². The zero-order chi connectivity index (χ0) is 16.6. The molecule has 0 aliphatic carbocycles. The standard InChI is InChI=1S/C17H24N2O3/c1-5-10-21-14-8-9-15(13(11-14)12-18)19-16(20)17(4,6-2)22-7-3/h8-9,11H,5-7,10H2,1-4H3,(H,19,20)/t17-/m1/s1. The number of anilines is 1. The molecule has 0 spiro atoms. The van der Waals surface area contributed by atoms with Crippen molar-refractivity contribution in [1.29, 1.82) is 5.26 Å². The number of carbonyl (C=O) groups excluding carboxylic acids is 1. The lowest BCUT2D eigenvalue weighted by atomic mass is 10.0. The summed E-state index contributed by atoms with van der Waals surface area (Å²) < 4.78 is 11.0. The molecule has 1 aromatic rings. The third-order valence-corrected chi connectivity index (χ3v) is 3.45. The molecule has 1 atom stereocenters. The molecule has 0 saturated carbocycles. The highest BCUT2D eigenvalue weighted by atomic mass is 16.5. The Morgan fingerprint density at radius 1 is 1.36 bits per heavy atom. The summed E-state index contributed by atoms with van der Waals surface area (Å²) in [6.45, 7) is 8.54. The summed E-state index contributed by atoms with van der Waals surface area (Å²) in [4.78, 5) is 12.4.